The molecule has 0 saturated carbocycles. The van der Waals surface area contributed by atoms with E-state index in [2.05, 4.69) is 17.1 Å². The summed E-state index contributed by atoms with van der Waals surface area (Å²) >= 11 is 0. The zero-order valence-electron chi connectivity index (χ0n) is 9.04. The van der Waals surface area contributed by atoms with Gasteiger partial charge < -0.3 is 9.72 Å². The van der Waals surface area contributed by atoms with Crippen LogP contribution in [0.2, 0.25) is 0 Å². The molecule has 1 aromatic heterocycles. The maximum absolute atomic E-state index is 10.9. The second kappa shape index (κ2) is 3.93. The van der Waals surface area contributed by atoms with Gasteiger partial charge in [0.2, 0.25) is 0 Å². The van der Waals surface area contributed by atoms with Crippen LogP contribution in [0.15, 0.2) is 12.3 Å². The van der Waals surface area contributed by atoms with Crippen molar-refractivity contribution in [1.82, 2.24) is 4.98 Å². The van der Waals surface area contributed by atoms with Crippen molar-refractivity contribution in [2.75, 3.05) is 0 Å². The highest BCUT2D eigenvalue weighted by molar-refractivity contribution is 5.67. The molecule has 1 N–H and O–H groups in total. The first-order valence-electron chi connectivity index (χ1n) is 5.22. The molecule has 0 aromatic carbocycles. The van der Waals surface area contributed by atoms with E-state index in [4.69, 9.17) is 4.74 Å². The topological polar surface area (TPSA) is 42.1 Å². The number of ether oxygens (including phenoxy) is 1. The highest BCUT2D eigenvalue weighted by Crippen LogP contribution is 2.28. The molecule has 3 heteroatoms. The average molecular weight is 205 g/mol. The van der Waals surface area contributed by atoms with Crippen LogP contribution < -0.4 is 0 Å². The Bertz CT molecular complexity index is 404. The fourth-order valence-electron chi connectivity index (χ4n) is 1.98. The Balaban J connectivity index is 2.26. The summed E-state index contributed by atoms with van der Waals surface area (Å²) in [6.45, 7) is 3.33. The van der Waals surface area contributed by atoms with Gasteiger partial charge in [-0.3, -0.25) is 4.79 Å². The summed E-state index contributed by atoms with van der Waals surface area (Å²) in [5.74, 6) is -0.239. The van der Waals surface area contributed by atoms with Gasteiger partial charge in [-0.1, -0.05) is 12.2 Å². The van der Waals surface area contributed by atoms with Crippen molar-refractivity contribution in [3.63, 3.8) is 0 Å². The van der Waals surface area contributed by atoms with Crippen molar-refractivity contribution in [3.8, 4) is 0 Å². The first kappa shape index (κ1) is 10.0. The zero-order chi connectivity index (χ0) is 10.8. The van der Waals surface area contributed by atoms with E-state index >= 15 is 0 Å². The normalized spacial score (nSPS) is 15.9. The van der Waals surface area contributed by atoms with E-state index in [1.165, 1.54) is 18.2 Å². The molecule has 3 nitrogen and oxygen atoms in total. The maximum atomic E-state index is 10.9. The van der Waals surface area contributed by atoms with Crippen LogP contribution in [0.25, 0.3) is 6.08 Å². The van der Waals surface area contributed by atoms with E-state index in [0.717, 1.165) is 18.4 Å². The summed E-state index contributed by atoms with van der Waals surface area (Å²) in [5, 5.41) is 0. The molecule has 15 heavy (non-hydrogen) atoms. The van der Waals surface area contributed by atoms with Gasteiger partial charge in [0, 0.05) is 29.9 Å². The van der Waals surface area contributed by atoms with Crippen molar-refractivity contribution in [2.45, 2.75) is 32.8 Å². The lowest BCUT2D eigenvalue weighted by Crippen LogP contribution is -2.05. The van der Waals surface area contributed by atoms with Crippen LogP contribution in [-0.2, 0) is 16.0 Å². The Morgan fingerprint density at radius 2 is 2.40 bits per heavy atom. The van der Waals surface area contributed by atoms with Crippen LogP contribution in [0.1, 0.15) is 43.2 Å². The van der Waals surface area contributed by atoms with E-state index in [-0.39, 0.29) is 12.1 Å². The SMILES string of the molecule is CC(=O)OC(C)c1c[nH]c2c1C=CCC2. The molecule has 1 aliphatic rings. The second-order valence-corrected chi connectivity index (χ2v) is 3.83. The van der Waals surface area contributed by atoms with E-state index in [9.17, 15) is 4.79 Å². The van der Waals surface area contributed by atoms with E-state index < -0.39 is 0 Å². The molecule has 80 valence electrons. The summed E-state index contributed by atoms with van der Waals surface area (Å²) in [6.07, 6.45) is 8.14. The average Bonchev–Trinajstić information content (AvgIpc) is 2.59. The number of hydrogen-bond acceptors (Lipinski definition) is 2. The number of aromatic amines is 1. The van der Waals surface area contributed by atoms with Gasteiger partial charge in [-0.05, 0) is 19.8 Å². The Morgan fingerprint density at radius 1 is 1.60 bits per heavy atom. The zero-order valence-corrected chi connectivity index (χ0v) is 9.04. The van der Waals surface area contributed by atoms with Gasteiger partial charge in [-0.15, -0.1) is 0 Å². The van der Waals surface area contributed by atoms with Gasteiger partial charge in [-0.25, -0.2) is 0 Å². The molecular weight excluding hydrogens is 190 g/mol. The van der Waals surface area contributed by atoms with Gasteiger partial charge >= 0.3 is 5.97 Å². The lowest BCUT2D eigenvalue weighted by atomic mass is 10.00. The smallest absolute Gasteiger partial charge is 0.303 e. The Labute approximate surface area is 89.1 Å². The van der Waals surface area contributed by atoms with Crippen molar-refractivity contribution in [1.29, 1.82) is 0 Å². The molecule has 0 aliphatic heterocycles. The fourth-order valence-corrected chi connectivity index (χ4v) is 1.98. The van der Waals surface area contributed by atoms with Crippen LogP contribution in [0.3, 0.4) is 0 Å². The van der Waals surface area contributed by atoms with Crippen molar-refractivity contribution in [2.24, 2.45) is 0 Å². The third-order valence-corrected chi connectivity index (χ3v) is 2.66. The molecule has 0 amide bonds. The molecule has 1 heterocycles. The number of aryl methyl sites for hydroxylation is 1. The predicted octanol–water partition coefficient (Wildman–Crippen LogP) is 2.60. The molecule has 1 unspecified atom stereocenters. The highest BCUT2D eigenvalue weighted by Gasteiger charge is 2.17. The van der Waals surface area contributed by atoms with Crippen LogP contribution >= 0.6 is 0 Å². The molecule has 1 aliphatic carbocycles. The maximum Gasteiger partial charge on any atom is 0.303 e. The van der Waals surface area contributed by atoms with Crippen LogP contribution in [-0.4, -0.2) is 11.0 Å². The second-order valence-electron chi connectivity index (χ2n) is 3.83. The number of esters is 1. The number of carbonyl (C=O) groups excluding carboxylic acids is 1. The number of allylic oxidation sites excluding steroid dienone is 1. The number of rotatable bonds is 2. The number of fused-ring (bicyclic) bond motifs is 1. The predicted molar refractivity (Wildman–Crippen MR) is 58.3 cm³/mol. The Kier molecular flexibility index (Phi) is 2.62. The van der Waals surface area contributed by atoms with Crippen molar-refractivity contribution < 1.29 is 9.53 Å². The number of hydrogen-bond donors (Lipinski definition) is 1. The van der Waals surface area contributed by atoms with Gasteiger partial charge in [0.1, 0.15) is 6.10 Å². The molecule has 2 rings (SSSR count). The van der Waals surface area contributed by atoms with E-state index in [0.29, 0.717) is 0 Å². The standard InChI is InChI=1S/C12H15NO2/c1-8(15-9(2)14)11-7-13-12-6-4-3-5-10(11)12/h3,5,7-8,13H,4,6H2,1-2H3. The molecule has 0 radical (unpaired) electrons. The van der Waals surface area contributed by atoms with Gasteiger partial charge in [-0.2, -0.15) is 0 Å². The molecule has 0 bridgehead atoms. The summed E-state index contributed by atoms with van der Waals surface area (Å²) < 4.78 is 5.17. The lowest BCUT2D eigenvalue weighted by Gasteiger charge is -2.13. The van der Waals surface area contributed by atoms with Crippen LogP contribution in [0.5, 0.6) is 0 Å². The monoisotopic (exact) mass is 205 g/mol. The van der Waals surface area contributed by atoms with Gasteiger partial charge in [0.25, 0.3) is 0 Å². The summed E-state index contributed by atoms with van der Waals surface area (Å²) in [7, 11) is 0. The molecule has 0 spiro atoms. The van der Waals surface area contributed by atoms with E-state index in [1.54, 1.807) is 0 Å². The minimum atomic E-state index is -0.239. The summed E-state index contributed by atoms with van der Waals surface area (Å²) in [4.78, 5) is 14.1. The largest absolute Gasteiger partial charge is 0.458 e. The van der Waals surface area contributed by atoms with Crippen LogP contribution in [0.4, 0.5) is 0 Å². The Hall–Kier alpha value is -1.51. The fraction of sp³-hybridized carbons (Fsp3) is 0.417. The van der Waals surface area contributed by atoms with Gasteiger partial charge in [0.05, 0.1) is 0 Å². The Morgan fingerprint density at radius 3 is 3.13 bits per heavy atom. The first-order valence-corrected chi connectivity index (χ1v) is 5.22. The third-order valence-electron chi connectivity index (χ3n) is 2.66. The van der Waals surface area contributed by atoms with E-state index in [1.807, 2.05) is 13.1 Å². The van der Waals surface area contributed by atoms with Crippen LogP contribution in [0, 0.1) is 0 Å². The minimum Gasteiger partial charge on any atom is -0.458 e. The molecular formula is C12H15NO2. The number of nitrogens with one attached hydrogen (secondary N) is 1. The first-order chi connectivity index (χ1) is 7.18. The third kappa shape index (κ3) is 1.96. The molecule has 1 atom stereocenters. The number of carbonyl (C=O) groups is 1. The molecule has 1 aromatic rings. The minimum absolute atomic E-state index is 0.176. The van der Waals surface area contributed by atoms with Gasteiger partial charge in [0.15, 0.2) is 0 Å². The van der Waals surface area contributed by atoms with Crippen molar-refractivity contribution in [3.05, 3.63) is 29.1 Å². The van der Waals surface area contributed by atoms with Crippen molar-refractivity contribution >= 4 is 12.0 Å². The summed E-state index contributed by atoms with van der Waals surface area (Å²) in [6, 6.07) is 0. The number of aromatic nitrogens is 1. The summed E-state index contributed by atoms with van der Waals surface area (Å²) in [5.41, 5.74) is 3.50. The highest BCUT2D eigenvalue weighted by atomic mass is 16.5. The quantitative estimate of drug-likeness (QED) is 0.754. The number of H-pyrrole nitrogens is 1. The lowest BCUT2D eigenvalue weighted by molar-refractivity contribution is -0.145. The molecule has 0 saturated heterocycles. The molecule has 0 fully saturated rings.